The predicted molar refractivity (Wildman–Crippen MR) is 49.9 cm³/mol. The summed E-state index contributed by atoms with van der Waals surface area (Å²) >= 11 is 0. The van der Waals surface area contributed by atoms with Crippen LogP contribution in [0.1, 0.15) is 13.8 Å². The molecule has 88 valence electrons. The van der Waals surface area contributed by atoms with Crippen LogP contribution in [-0.4, -0.2) is 56.2 Å². The number of hydrogen-bond acceptors (Lipinski definition) is 6. The van der Waals surface area contributed by atoms with E-state index in [9.17, 15) is 20.4 Å². The van der Waals surface area contributed by atoms with Crippen LogP contribution in [0.25, 0.3) is 0 Å². The zero-order valence-electron chi connectivity index (χ0n) is 8.58. The van der Waals surface area contributed by atoms with Crippen LogP contribution in [0.5, 0.6) is 0 Å². The smallest absolute Gasteiger partial charge is 0.254 e. The summed E-state index contributed by atoms with van der Waals surface area (Å²) < 4.78 is 4.77. The Kier molecular flexibility index (Phi) is 3.37. The van der Waals surface area contributed by atoms with Crippen molar-refractivity contribution in [3.8, 4) is 0 Å². The molecule has 1 heterocycles. The third kappa shape index (κ3) is 1.99. The van der Waals surface area contributed by atoms with Crippen molar-refractivity contribution in [2.24, 2.45) is 0 Å². The minimum absolute atomic E-state index is 0.347. The van der Waals surface area contributed by atoms with Gasteiger partial charge in [-0.3, -0.25) is 0 Å². The Hall–Kier alpha value is -0.660. The van der Waals surface area contributed by atoms with Crippen LogP contribution in [0.2, 0.25) is 0 Å². The Bertz CT molecular complexity index is 272. The van der Waals surface area contributed by atoms with E-state index in [4.69, 9.17) is 9.84 Å². The van der Waals surface area contributed by atoms with Crippen molar-refractivity contribution in [3.63, 3.8) is 0 Å². The van der Waals surface area contributed by atoms with Crippen molar-refractivity contribution in [1.29, 1.82) is 0 Å². The highest BCUT2D eigenvalue weighted by molar-refractivity contribution is 5.15. The molecular formula is C9H16O6. The third-order valence-corrected chi connectivity index (χ3v) is 2.41. The molecule has 0 saturated carbocycles. The van der Waals surface area contributed by atoms with E-state index >= 15 is 0 Å². The topological polar surface area (TPSA) is 110 Å². The molecule has 1 aliphatic heterocycles. The molecule has 0 amide bonds. The van der Waals surface area contributed by atoms with Gasteiger partial charge in [-0.15, -0.1) is 0 Å². The maximum absolute atomic E-state index is 9.82. The average molecular weight is 220 g/mol. The van der Waals surface area contributed by atoms with E-state index in [2.05, 4.69) is 0 Å². The standard InChI is InChI=1S/C9H16O6/c1-4(2)7(12)9(14)8(13)6(11)5(10)3-15-9/h5-6,8,10-14H,3H2,1-2H3/t5-,6+,8+,9-/m1/s1. The number of hydrogen-bond donors (Lipinski definition) is 5. The number of aliphatic hydroxyl groups is 5. The molecule has 0 radical (unpaired) electrons. The van der Waals surface area contributed by atoms with Crippen LogP contribution >= 0.6 is 0 Å². The number of ether oxygens (including phenoxy) is 1. The highest BCUT2D eigenvalue weighted by Crippen LogP contribution is 2.30. The van der Waals surface area contributed by atoms with Crippen molar-refractivity contribution in [2.75, 3.05) is 6.61 Å². The molecule has 0 bridgehead atoms. The summed E-state index contributed by atoms with van der Waals surface area (Å²) in [6, 6.07) is 0. The van der Waals surface area contributed by atoms with E-state index in [0.717, 1.165) is 0 Å². The molecule has 1 fully saturated rings. The van der Waals surface area contributed by atoms with E-state index in [1.54, 1.807) is 0 Å². The second-order valence-electron chi connectivity index (χ2n) is 3.86. The first kappa shape index (κ1) is 12.4. The van der Waals surface area contributed by atoms with Gasteiger partial charge in [-0.25, -0.2) is 0 Å². The Morgan fingerprint density at radius 2 is 1.80 bits per heavy atom. The summed E-state index contributed by atoms with van der Waals surface area (Å²) in [7, 11) is 0. The first-order valence-electron chi connectivity index (χ1n) is 4.58. The molecule has 0 spiro atoms. The minimum atomic E-state index is -2.35. The van der Waals surface area contributed by atoms with Crippen molar-refractivity contribution in [2.45, 2.75) is 37.9 Å². The molecule has 0 aromatic rings. The van der Waals surface area contributed by atoms with Crippen LogP contribution in [-0.2, 0) is 4.74 Å². The van der Waals surface area contributed by atoms with E-state index in [1.165, 1.54) is 13.8 Å². The Morgan fingerprint density at radius 3 is 2.27 bits per heavy atom. The molecule has 0 unspecified atom stereocenters. The molecule has 1 rings (SSSR count). The van der Waals surface area contributed by atoms with Crippen molar-refractivity contribution in [1.82, 2.24) is 0 Å². The molecule has 6 nitrogen and oxygen atoms in total. The fourth-order valence-corrected chi connectivity index (χ4v) is 1.40. The lowest BCUT2D eigenvalue weighted by atomic mass is 9.94. The monoisotopic (exact) mass is 220 g/mol. The molecule has 0 aliphatic carbocycles. The highest BCUT2D eigenvalue weighted by atomic mass is 16.7. The molecule has 1 saturated heterocycles. The summed E-state index contributed by atoms with van der Waals surface area (Å²) in [6.07, 6.45) is -4.65. The highest BCUT2D eigenvalue weighted by Gasteiger charge is 2.51. The van der Waals surface area contributed by atoms with E-state index in [1.807, 2.05) is 0 Å². The largest absolute Gasteiger partial charge is 0.507 e. The fourth-order valence-electron chi connectivity index (χ4n) is 1.40. The normalized spacial score (nSPS) is 41.3. The van der Waals surface area contributed by atoms with Gasteiger partial charge < -0.3 is 30.3 Å². The van der Waals surface area contributed by atoms with Crippen molar-refractivity contribution < 1.29 is 30.3 Å². The first-order chi connectivity index (χ1) is 6.80. The van der Waals surface area contributed by atoms with Crippen molar-refractivity contribution >= 4 is 0 Å². The van der Waals surface area contributed by atoms with Gasteiger partial charge in [0.2, 0.25) is 0 Å². The number of aliphatic hydroxyl groups excluding tert-OH is 4. The lowest BCUT2D eigenvalue weighted by Crippen LogP contribution is -2.61. The van der Waals surface area contributed by atoms with Crippen LogP contribution in [0.4, 0.5) is 0 Å². The van der Waals surface area contributed by atoms with Gasteiger partial charge in [0, 0.05) is 0 Å². The molecular weight excluding hydrogens is 204 g/mol. The molecule has 0 aromatic carbocycles. The fraction of sp³-hybridized carbons (Fsp3) is 0.778. The molecule has 5 N–H and O–H groups in total. The maximum Gasteiger partial charge on any atom is 0.254 e. The van der Waals surface area contributed by atoms with Crippen LogP contribution < -0.4 is 0 Å². The van der Waals surface area contributed by atoms with Gasteiger partial charge in [-0.2, -0.15) is 0 Å². The van der Waals surface area contributed by atoms with Gasteiger partial charge in [0.25, 0.3) is 5.79 Å². The Labute approximate surface area is 87.0 Å². The predicted octanol–water partition coefficient (Wildman–Crippen LogP) is -1.36. The molecule has 0 aromatic heterocycles. The summed E-state index contributed by atoms with van der Waals surface area (Å²) in [5, 5.41) is 47.4. The average Bonchev–Trinajstić information content (AvgIpc) is 2.19. The Balaban J connectivity index is 3.00. The van der Waals surface area contributed by atoms with E-state index in [-0.39, 0.29) is 6.61 Å². The third-order valence-electron chi connectivity index (χ3n) is 2.41. The molecule has 6 heteroatoms. The number of allylic oxidation sites excluding steroid dienone is 1. The summed E-state index contributed by atoms with van der Waals surface area (Å²) in [5.74, 6) is -2.90. The zero-order valence-corrected chi connectivity index (χ0v) is 8.58. The van der Waals surface area contributed by atoms with Crippen LogP contribution in [0, 0.1) is 0 Å². The molecule has 4 atom stereocenters. The summed E-state index contributed by atoms with van der Waals surface area (Å²) in [5.41, 5.74) is 0.347. The lowest BCUT2D eigenvalue weighted by molar-refractivity contribution is -0.312. The van der Waals surface area contributed by atoms with Gasteiger partial charge >= 0.3 is 0 Å². The van der Waals surface area contributed by atoms with Crippen molar-refractivity contribution in [3.05, 3.63) is 11.3 Å². The van der Waals surface area contributed by atoms with Crippen LogP contribution in [0.3, 0.4) is 0 Å². The second kappa shape index (κ2) is 4.07. The van der Waals surface area contributed by atoms with E-state index < -0.39 is 29.9 Å². The van der Waals surface area contributed by atoms with Gasteiger partial charge in [0.15, 0.2) is 5.76 Å². The summed E-state index contributed by atoms with van der Waals surface area (Å²) in [6.45, 7) is 2.66. The maximum atomic E-state index is 9.82. The second-order valence-corrected chi connectivity index (χ2v) is 3.86. The number of rotatable bonds is 1. The summed E-state index contributed by atoms with van der Waals surface area (Å²) in [4.78, 5) is 0. The van der Waals surface area contributed by atoms with Gasteiger partial charge in [0.05, 0.1) is 6.61 Å². The minimum Gasteiger partial charge on any atom is -0.507 e. The quantitative estimate of drug-likeness (QED) is 0.349. The zero-order chi connectivity index (χ0) is 11.8. The van der Waals surface area contributed by atoms with Gasteiger partial charge in [-0.1, -0.05) is 0 Å². The first-order valence-corrected chi connectivity index (χ1v) is 4.58. The molecule has 15 heavy (non-hydrogen) atoms. The van der Waals surface area contributed by atoms with Gasteiger partial charge in [0.1, 0.15) is 18.3 Å². The lowest BCUT2D eigenvalue weighted by Gasteiger charge is -2.41. The van der Waals surface area contributed by atoms with E-state index in [0.29, 0.717) is 5.57 Å². The molecule has 1 aliphatic rings. The van der Waals surface area contributed by atoms with Crippen LogP contribution in [0.15, 0.2) is 11.3 Å². The Morgan fingerprint density at radius 1 is 1.27 bits per heavy atom. The van der Waals surface area contributed by atoms with Gasteiger partial charge in [-0.05, 0) is 19.4 Å². The SMILES string of the molecule is CC(C)=C(O)[C@@]1(O)OC[C@@H](O)[C@H](O)[C@@H]1O.